The molecular weight excluding hydrogens is 270 g/mol. The number of aromatic nitrogens is 4. The summed E-state index contributed by atoms with van der Waals surface area (Å²) in [6.07, 6.45) is 1.11. The fourth-order valence-corrected chi connectivity index (χ4v) is 2.00. The molecule has 19 heavy (non-hydrogen) atoms. The molecule has 0 spiro atoms. The Morgan fingerprint density at radius 2 is 2.00 bits per heavy atom. The third-order valence-electron chi connectivity index (χ3n) is 2.34. The van der Waals surface area contributed by atoms with Crippen molar-refractivity contribution < 1.29 is 13.2 Å². The first-order valence-electron chi connectivity index (χ1n) is 5.27. The molecule has 8 nitrogen and oxygen atoms in total. The van der Waals surface area contributed by atoms with E-state index >= 15 is 0 Å². The zero-order chi connectivity index (χ0) is 13.9. The quantitative estimate of drug-likeness (QED) is 0.782. The number of nitrogens with one attached hydrogen (secondary N) is 2. The summed E-state index contributed by atoms with van der Waals surface area (Å²) in [7, 11) is -3.26. The van der Waals surface area contributed by atoms with Crippen molar-refractivity contribution in [3.8, 4) is 0 Å². The average Bonchev–Trinajstić information content (AvgIpc) is 2.88. The Morgan fingerprint density at radius 3 is 2.53 bits per heavy atom. The van der Waals surface area contributed by atoms with E-state index in [4.69, 9.17) is 0 Å². The smallest absolute Gasteiger partial charge is 0.251 e. The zero-order valence-electron chi connectivity index (χ0n) is 9.99. The molecule has 1 aromatic heterocycles. The normalized spacial score (nSPS) is 11.2. The number of carbonyl (C=O) groups excluding carboxylic acids is 1. The van der Waals surface area contributed by atoms with Crippen LogP contribution in [0.2, 0.25) is 0 Å². The van der Waals surface area contributed by atoms with Crippen molar-refractivity contribution in [3.05, 3.63) is 35.7 Å². The summed E-state index contributed by atoms with van der Waals surface area (Å²) >= 11 is 0. The molecular formula is C10H11N5O3S. The second-order valence-corrected chi connectivity index (χ2v) is 5.82. The predicted octanol–water partition coefficient (Wildman–Crippen LogP) is -0.467. The van der Waals surface area contributed by atoms with E-state index < -0.39 is 9.84 Å². The van der Waals surface area contributed by atoms with Gasteiger partial charge < -0.3 is 5.32 Å². The molecule has 0 saturated heterocycles. The predicted molar refractivity (Wildman–Crippen MR) is 64.9 cm³/mol. The van der Waals surface area contributed by atoms with Gasteiger partial charge in [-0.3, -0.25) is 4.79 Å². The van der Waals surface area contributed by atoms with E-state index in [0.717, 1.165) is 6.26 Å². The molecule has 0 atom stereocenters. The Bertz CT molecular complexity index is 664. The number of benzene rings is 1. The lowest BCUT2D eigenvalue weighted by molar-refractivity contribution is 0.0950. The van der Waals surface area contributed by atoms with Crippen LogP contribution in [0.5, 0.6) is 0 Å². The topological polar surface area (TPSA) is 118 Å². The van der Waals surface area contributed by atoms with Gasteiger partial charge in [-0.2, -0.15) is 5.21 Å². The lowest BCUT2D eigenvalue weighted by Crippen LogP contribution is -2.23. The molecule has 9 heteroatoms. The van der Waals surface area contributed by atoms with Gasteiger partial charge in [-0.05, 0) is 24.3 Å². The highest BCUT2D eigenvalue weighted by Crippen LogP contribution is 2.10. The van der Waals surface area contributed by atoms with E-state index in [1.807, 2.05) is 0 Å². The summed E-state index contributed by atoms with van der Waals surface area (Å²) in [4.78, 5) is 11.9. The Kier molecular flexibility index (Phi) is 3.56. The molecule has 0 unspecified atom stereocenters. The van der Waals surface area contributed by atoms with Gasteiger partial charge in [-0.15, -0.1) is 10.2 Å². The molecule has 0 aliphatic heterocycles. The van der Waals surface area contributed by atoms with Gasteiger partial charge in [0.1, 0.15) is 0 Å². The molecule has 2 N–H and O–H groups in total. The van der Waals surface area contributed by atoms with E-state index in [0.29, 0.717) is 11.4 Å². The van der Waals surface area contributed by atoms with Gasteiger partial charge in [-0.1, -0.05) is 5.21 Å². The molecule has 1 amide bonds. The summed E-state index contributed by atoms with van der Waals surface area (Å²) in [5, 5.41) is 15.6. The second-order valence-electron chi connectivity index (χ2n) is 3.81. The van der Waals surface area contributed by atoms with Crippen LogP contribution in [0.3, 0.4) is 0 Å². The maximum absolute atomic E-state index is 11.8. The number of tetrazole rings is 1. The molecule has 0 fully saturated rings. The van der Waals surface area contributed by atoms with Crippen molar-refractivity contribution in [2.75, 3.05) is 6.26 Å². The number of amides is 1. The summed E-state index contributed by atoms with van der Waals surface area (Å²) in [5.41, 5.74) is 0.357. The second kappa shape index (κ2) is 5.14. The molecule has 1 aromatic carbocycles. The molecule has 0 aliphatic rings. The van der Waals surface area contributed by atoms with E-state index in [1.54, 1.807) is 0 Å². The number of carbonyl (C=O) groups is 1. The third kappa shape index (κ3) is 3.35. The minimum Gasteiger partial charge on any atom is -0.345 e. The first-order chi connectivity index (χ1) is 8.97. The van der Waals surface area contributed by atoms with E-state index in [-0.39, 0.29) is 17.3 Å². The van der Waals surface area contributed by atoms with Crippen molar-refractivity contribution >= 4 is 15.7 Å². The number of hydrogen-bond donors (Lipinski definition) is 2. The summed E-state index contributed by atoms with van der Waals surface area (Å²) < 4.78 is 22.5. The molecule has 2 rings (SSSR count). The fraction of sp³-hybridized carbons (Fsp3) is 0.200. The SMILES string of the molecule is CS(=O)(=O)c1ccc(C(=O)NCc2nn[nH]n2)cc1. The summed E-state index contributed by atoms with van der Waals surface area (Å²) in [6, 6.07) is 5.67. The number of sulfone groups is 1. The largest absolute Gasteiger partial charge is 0.345 e. The van der Waals surface area contributed by atoms with Crippen molar-refractivity contribution in [1.29, 1.82) is 0 Å². The van der Waals surface area contributed by atoms with Crippen molar-refractivity contribution in [2.24, 2.45) is 0 Å². The van der Waals surface area contributed by atoms with Gasteiger partial charge in [0.2, 0.25) is 0 Å². The number of H-pyrrole nitrogens is 1. The van der Waals surface area contributed by atoms with E-state index in [1.165, 1.54) is 24.3 Å². The maximum Gasteiger partial charge on any atom is 0.251 e. The van der Waals surface area contributed by atoms with Crippen LogP contribution in [0.15, 0.2) is 29.2 Å². The molecule has 2 aromatic rings. The van der Waals surface area contributed by atoms with E-state index in [9.17, 15) is 13.2 Å². The van der Waals surface area contributed by atoms with Crippen LogP contribution < -0.4 is 5.32 Å². The number of hydrogen-bond acceptors (Lipinski definition) is 6. The van der Waals surface area contributed by atoms with Gasteiger partial charge in [0.05, 0.1) is 11.4 Å². The molecule has 0 radical (unpaired) electrons. The fourth-order valence-electron chi connectivity index (χ4n) is 1.37. The Hall–Kier alpha value is -2.29. The van der Waals surface area contributed by atoms with Gasteiger partial charge in [0, 0.05) is 11.8 Å². The van der Waals surface area contributed by atoms with Crippen LogP contribution in [-0.2, 0) is 16.4 Å². The first kappa shape index (κ1) is 13.1. The van der Waals surface area contributed by atoms with E-state index in [2.05, 4.69) is 25.9 Å². The zero-order valence-corrected chi connectivity index (χ0v) is 10.8. The first-order valence-corrected chi connectivity index (χ1v) is 7.16. The van der Waals surface area contributed by atoms with Gasteiger partial charge in [-0.25, -0.2) is 8.42 Å². The van der Waals surface area contributed by atoms with Crippen LogP contribution in [-0.4, -0.2) is 41.2 Å². The number of aromatic amines is 1. The minimum absolute atomic E-state index is 0.142. The summed E-state index contributed by atoms with van der Waals surface area (Å²) in [5.74, 6) is 0.0194. The van der Waals surface area contributed by atoms with Gasteiger partial charge >= 0.3 is 0 Å². The monoisotopic (exact) mass is 281 g/mol. The van der Waals surface area contributed by atoms with Crippen molar-refractivity contribution in [2.45, 2.75) is 11.4 Å². The average molecular weight is 281 g/mol. The van der Waals surface area contributed by atoms with Crippen molar-refractivity contribution in [3.63, 3.8) is 0 Å². The highest BCUT2D eigenvalue weighted by Gasteiger charge is 2.10. The molecule has 100 valence electrons. The molecule has 0 bridgehead atoms. The van der Waals surface area contributed by atoms with Crippen molar-refractivity contribution in [1.82, 2.24) is 25.9 Å². The Balaban J connectivity index is 2.04. The van der Waals surface area contributed by atoms with Crippen LogP contribution in [0.1, 0.15) is 16.2 Å². The van der Waals surface area contributed by atoms with Gasteiger partial charge in [0.15, 0.2) is 15.7 Å². The lowest BCUT2D eigenvalue weighted by Gasteiger charge is -2.03. The van der Waals surface area contributed by atoms with Crippen LogP contribution >= 0.6 is 0 Å². The maximum atomic E-state index is 11.8. The number of rotatable bonds is 4. The standard InChI is InChI=1S/C10H11N5O3S/c1-19(17,18)8-4-2-7(3-5-8)10(16)11-6-9-12-14-15-13-9/h2-5H,6H2,1H3,(H,11,16)(H,12,13,14,15). The Labute approximate surface area is 109 Å². The van der Waals surface area contributed by atoms with Gasteiger partial charge in [0.25, 0.3) is 5.91 Å². The highest BCUT2D eigenvalue weighted by molar-refractivity contribution is 7.90. The lowest BCUT2D eigenvalue weighted by atomic mass is 10.2. The van der Waals surface area contributed by atoms with Crippen LogP contribution in [0.4, 0.5) is 0 Å². The summed E-state index contributed by atoms with van der Waals surface area (Å²) in [6.45, 7) is 0.142. The van der Waals surface area contributed by atoms with Crippen LogP contribution in [0, 0.1) is 0 Å². The van der Waals surface area contributed by atoms with Crippen LogP contribution in [0.25, 0.3) is 0 Å². The molecule has 0 aliphatic carbocycles. The molecule has 1 heterocycles. The Morgan fingerprint density at radius 1 is 1.32 bits per heavy atom. The number of nitrogens with zero attached hydrogens (tertiary/aromatic N) is 3. The minimum atomic E-state index is -3.26. The highest BCUT2D eigenvalue weighted by atomic mass is 32.2. The third-order valence-corrected chi connectivity index (χ3v) is 3.47. The molecule has 0 saturated carbocycles.